The predicted octanol–water partition coefficient (Wildman–Crippen LogP) is 5.65. The van der Waals surface area contributed by atoms with Crippen LogP contribution in [0, 0.1) is 0 Å². The highest BCUT2D eigenvalue weighted by molar-refractivity contribution is 5.97. The second-order valence-corrected chi connectivity index (χ2v) is 8.62. The maximum Gasteiger partial charge on any atom is 0.256 e. The lowest BCUT2D eigenvalue weighted by molar-refractivity contribution is -0.140. The van der Waals surface area contributed by atoms with E-state index < -0.39 is 5.60 Å². The number of carbonyl (C=O) groups excluding carboxylic acids is 1. The zero-order valence-electron chi connectivity index (χ0n) is 19.4. The molecule has 1 aliphatic heterocycles. The Kier molecular flexibility index (Phi) is 11.2. The van der Waals surface area contributed by atoms with Crippen molar-refractivity contribution in [2.24, 2.45) is 0 Å². The summed E-state index contributed by atoms with van der Waals surface area (Å²) < 4.78 is 11.8. The topological polar surface area (TPSA) is 50.8 Å². The van der Waals surface area contributed by atoms with Crippen LogP contribution < -0.4 is 10.1 Å². The molecule has 0 unspecified atom stereocenters. The standard InChI is InChI=1S/C25H42N2O3/c1-4-6-16-25(3,30-20-5-2)24(28)26-22-12-14-23(15-13-22)29-21-11-19-27-17-9-7-8-10-18-27/h12-15H,4-11,16-21H2,1-3H3,(H,26,28)/t25-/m0/s1. The maximum atomic E-state index is 12.8. The van der Waals surface area contributed by atoms with Crippen LogP contribution in [0.5, 0.6) is 5.75 Å². The Bertz CT molecular complexity index is 587. The zero-order valence-corrected chi connectivity index (χ0v) is 19.4. The summed E-state index contributed by atoms with van der Waals surface area (Å²) in [7, 11) is 0. The Morgan fingerprint density at radius 1 is 1.00 bits per heavy atom. The van der Waals surface area contributed by atoms with Crippen molar-refractivity contribution in [2.45, 2.75) is 84.2 Å². The van der Waals surface area contributed by atoms with Crippen LogP contribution in [0.1, 0.15) is 78.6 Å². The highest BCUT2D eigenvalue weighted by Gasteiger charge is 2.33. The molecule has 1 saturated heterocycles. The van der Waals surface area contributed by atoms with Gasteiger partial charge in [0.25, 0.3) is 5.91 Å². The molecule has 0 bridgehead atoms. The fourth-order valence-corrected chi connectivity index (χ4v) is 3.83. The molecule has 5 nitrogen and oxygen atoms in total. The molecule has 0 aromatic heterocycles. The van der Waals surface area contributed by atoms with Crippen molar-refractivity contribution in [1.29, 1.82) is 0 Å². The summed E-state index contributed by atoms with van der Waals surface area (Å²) in [4.78, 5) is 15.4. The number of carbonyl (C=O) groups is 1. The second kappa shape index (κ2) is 13.7. The molecular weight excluding hydrogens is 376 g/mol. The first-order valence-corrected chi connectivity index (χ1v) is 12.0. The highest BCUT2D eigenvalue weighted by Crippen LogP contribution is 2.23. The molecule has 1 aromatic carbocycles. The van der Waals surface area contributed by atoms with Gasteiger partial charge in [-0.2, -0.15) is 0 Å². The van der Waals surface area contributed by atoms with Crippen molar-refractivity contribution in [3.8, 4) is 5.75 Å². The number of benzene rings is 1. The van der Waals surface area contributed by atoms with Crippen LogP contribution in [0.15, 0.2) is 24.3 Å². The maximum absolute atomic E-state index is 12.8. The number of unbranched alkanes of at least 4 members (excludes halogenated alkanes) is 1. The van der Waals surface area contributed by atoms with Gasteiger partial charge in [-0.3, -0.25) is 4.79 Å². The molecule has 1 fully saturated rings. The van der Waals surface area contributed by atoms with Gasteiger partial charge in [-0.1, -0.05) is 39.5 Å². The first kappa shape index (κ1) is 24.7. The van der Waals surface area contributed by atoms with E-state index in [0.717, 1.165) is 56.7 Å². The third kappa shape index (κ3) is 8.65. The Morgan fingerprint density at radius 3 is 2.33 bits per heavy atom. The van der Waals surface area contributed by atoms with Crippen LogP contribution in [0.2, 0.25) is 0 Å². The van der Waals surface area contributed by atoms with Gasteiger partial charge in [-0.05, 0) is 76.4 Å². The lowest BCUT2D eigenvalue weighted by Crippen LogP contribution is -2.43. The number of likely N-dealkylation sites (tertiary alicyclic amines) is 1. The average Bonchev–Trinajstić information content (AvgIpc) is 3.04. The van der Waals surface area contributed by atoms with E-state index in [9.17, 15) is 4.79 Å². The van der Waals surface area contributed by atoms with E-state index in [1.807, 2.05) is 31.2 Å². The quantitative estimate of drug-likeness (QED) is 0.421. The van der Waals surface area contributed by atoms with Gasteiger partial charge in [0.1, 0.15) is 11.4 Å². The van der Waals surface area contributed by atoms with Gasteiger partial charge in [-0.15, -0.1) is 0 Å². The monoisotopic (exact) mass is 418 g/mol. The van der Waals surface area contributed by atoms with E-state index in [2.05, 4.69) is 24.1 Å². The minimum absolute atomic E-state index is 0.0736. The molecule has 30 heavy (non-hydrogen) atoms. The summed E-state index contributed by atoms with van der Waals surface area (Å²) >= 11 is 0. The van der Waals surface area contributed by atoms with Crippen molar-refractivity contribution >= 4 is 11.6 Å². The number of ether oxygens (including phenoxy) is 2. The lowest BCUT2D eigenvalue weighted by Gasteiger charge is -2.28. The van der Waals surface area contributed by atoms with Gasteiger partial charge in [0.15, 0.2) is 0 Å². The molecule has 0 aliphatic carbocycles. The zero-order chi connectivity index (χ0) is 21.7. The molecule has 0 spiro atoms. The van der Waals surface area contributed by atoms with Gasteiger partial charge >= 0.3 is 0 Å². The van der Waals surface area contributed by atoms with Crippen LogP contribution in [-0.2, 0) is 9.53 Å². The van der Waals surface area contributed by atoms with Gasteiger partial charge in [0.05, 0.1) is 6.61 Å². The normalized spacial score (nSPS) is 17.2. The number of amides is 1. The molecule has 1 heterocycles. The van der Waals surface area contributed by atoms with E-state index >= 15 is 0 Å². The minimum atomic E-state index is -0.783. The minimum Gasteiger partial charge on any atom is -0.494 e. The van der Waals surface area contributed by atoms with E-state index in [1.165, 1.54) is 38.8 Å². The molecule has 1 N–H and O–H groups in total. The van der Waals surface area contributed by atoms with E-state index in [4.69, 9.17) is 9.47 Å². The molecule has 2 rings (SSSR count). The van der Waals surface area contributed by atoms with Crippen molar-refractivity contribution in [1.82, 2.24) is 4.90 Å². The molecular formula is C25H42N2O3. The fourth-order valence-electron chi connectivity index (χ4n) is 3.83. The van der Waals surface area contributed by atoms with Gasteiger partial charge in [0, 0.05) is 18.8 Å². The summed E-state index contributed by atoms with van der Waals surface area (Å²) in [5.41, 5.74) is -0.00567. The fraction of sp³-hybridized carbons (Fsp3) is 0.720. The van der Waals surface area contributed by atoms with Gasteiger partial charge < -0.3 is 19.7 Å². The van der Waals surface area contributed by atoms with Crippen LogP contribution in [0.3, 0.4) is 0 Å². The molecule has 0 radical (unpaired) electrons. The van der Waals surface area contributed by atoms with E-state index in [0.29, 0.717) is 6.61 Å². The van der Waals surface area contributed by atoms with Gasteiger partial charge in [0.2, 0.25) is 0 Å². The molecule has 0 saturated carbocycles. The van der Waals surface area contributed by atoms with E-state index in [-0.39, 0.29) is 5.91 Å². The molecule has 1 atom stereocenters. The third-order valence-corrected chi connectivity index (χ3v) is 5.81. The first-order valence-electron chi connectivity index (χ1n) is 12.0. The average molecular weight is 419 g/mol. The number of nitrogens with zero attached hydrogens (tertiary/aromatic N) is 1. The highest BCUT2D eigenvalue weighted by atomic mass is 16.5. The lowest BCUT2D eigenvalue weighted by atomic mass is 9.97. The molecule has 1 aliphatic rings. The number of hydrogen-bond donors (Lipinski definition) is 1. The summed E-state index contributed by atoms with van der Waals surface area (Å²) in [6, 6.07) is 7.67. The Hall–Kier alpha value is -1.59. The summed E-state index contributed by atoms with van der Waals surface area (Å²) in [6.45, 7) is 11.0. The Balaban J connectivity index is 1.77. The molecule has 1 amide bonds. The van der Waals surface area contributed by atoms with Crippen LogP contribution in [0.4, 0.5) is 5.69 Å². The SMILES string of the molecule is CCCC[C@](C)(OCCC)C(=O)Nc1ccc(OCCCN2CCCCCC2)cc1. The molecule has 1 aromatic rings. The van der Waals surface area contributed by atoms with Crippen LogP contribution in [0.25, 0.3) is 0 Å². The first-order chi connectivity index (χ1) is 14.6. The molecule has 5 heteroatoms. The number of anilines is 1. The van der Waals surface area contributed by atoms with E-state index in [1.54, 1.807) is 0 Å². The second-order valence-electron chi connectivity index (χ2n) is 8.62. The van der Waals surface area contributed by atoms with Crippen molar-refractivity contribution in [3.63, 3.8) is 0 Å². The van der Waals surface area contributed by atoms with Crippen LogP contribution >= 0.6 is 0 Å². The van der Waals surface area contributed by atoms with Crippen molar-refractivity contribution < 1.29 is 14.3 Å². The summed E-state index contributed by atoms with van der Waals surface area (Å²) in [6.07, 6.45) is 10.1. The van der Waals surface area contributed by atoms with Crippen molar-refractivity contribution in [2.75, 3.05) is 38.2 Å². The van der Waals surface area contributed by atoms with Gasteiger partial charge in [-0.25, -0.2) is 0 Å². The van der Waals surface area contributed by atoms with Crippen molar-refractivity contribution in [3.05, 3.63) is 24.3 Å². The largest absolute Gasteiger partial charge is 0.494 e. The number of nitrogens with one attached hydrogen (secondary N) is 1. The molecule has 170 valence electrons. The third-order valence-electron chi connectivity index (χ3n) is 5.81. The summed E-state index contributed by atoms with van der Waals surface area (Å²) in [5.74, 6) is 0.773. The van der Waals surface area contributed by atoms with Crippen LogP contribution in [-0.4, -0.2) is 49.3 Å². The number of hydrogen-bond acceptors (Lipinski definition) is 4. The Morgan fingerprint density at radius 2 is 1.70 bits per heavy atom. The summed E-state index contributed by atoms with van der Waals surface area (Å²) in [5, 5.41) is 3.02. The number of rotatable bonds is 13. The predicted molar refractivity (Wildman–Crippen MR) is 124 cm³/mol. The smallest absolute Gasteiger partial charge is 0.256 e. The Labute approximate surface area is 183 Å².